The molecule has 1 aromatic heterocycles. The molecule has 0 amide bonds. The van der Waals surface area contributed by atoms with Crippen LogP contribution in [0.15, 0.2) is 24.4 Å². The van der Waals surface area contributed by atoms with Crippen LogP contribution >= 0.6 is 48.8 Å². The number of fused-ring (bicyclic) bond motifs is 1. The minimum absolute atomic E-state index is 0. The summed E-state index contributed by atoms with van der Waals surface area (Å²) in [7, 11) is 0. The molecule has 0 aliphatic rings. The molecule has 1 heterocycles. The van der Waals surface area contributed by atoms with Crippen LogP contribution in [0.4, 0.5) is 0 Å². The Morgan fingerprint density at radius 1 is 1.29 bits per heavy atom. The second kappa shape index (κ2) is 7.80. The monoisotopic (exact) mass is 316 g/mol. The summed E-state index contributed by atoms with van der Waals surface area (Å²) in [4.78, 5) is 4.06. The van der Waals surface area contributed by atoms with E-state index in [9.17, 15) is 5.11 Å². The van der Waals surface area contributed by atoms with Gasteiger partial charge < -0.3 is 10.8 Å². The first kappa shape index (κ1) is 18.9. The summed E-state index contributed by atoms with van der Waals surface area (Å²) in [5, 5.41) is 11.1. The van der Waals surface area contributed by atoms with Gasteiger partial charge in [-0.1, -0.05) is 11.6 Å². The van der Waals surface area contributed by atoms with E-state index in [-0.39, 0.29) is 49.5 Å². The van der Waals surface area contributed by atoms with Gasteiger partial charge in [0.2, 0.25) is 0 Å². The number of benzene rings is 1. The van der Waals surface area contributed by atoms with Gasteiger partial charge in [-0.3, -0.25) is 4.98 Å². The lowest BCUT2D eigenvalue weighted by molar-refractivity contribution is 0.473. The second-order valence-electron chi connectivity index (χ2n) is 2.97. The fourth-order valence-electron chi connectivity index (χ4n) is 1.39. The van der Waals surface area contributed by atoms with Gasteiger partial charge in [-0.25, -0.2) is 0 Å². The fraction of sp³-hybridized carbons (Fsp3) is 0.100. The van der Waals surface area contributed by atoms with Crippen LogP contribution in [-0.2, 0) is 6.54 Å². The number of phenolic OH excluding ortho intramolecular Hbond substituents is 1. The van der Waals surface area contributed by atoms with Crippen LogP contribution in [0.25, 0.3) is 10.9 Å². The number of hydrogen-bond acceptors (Lipinski definition) is 3. The molecule has 0 fully saturated rings. The van der Waals surface area contributed by atoms with Crippen molar-refractivity contribution in [2.45, 2.75) is 6.54 Å². The van der Waals surface area contributed by atoms with Gasteiger partial charge in [-0.2, -0.15) is 0 Å². The van der Waals surface area contributed by atoms with Gasteiger partial charge in [0.05, 0.1) is 5.02 Å². The van der Waals surface area contributed by atoms with E-state index in [1.54, 1.807) is 18.3 Å². The van der Waals surface area contributed by atoms with Crippen LogP contribution in [0, 0.1) is 0 Å². The van der Waals surface area contributed by atoms with E-state index < -0.39 is 0 Å². The summed E-state index contributed by atoms with van der Waals surface area (Å²) >= 11 is 6.01. The number of aromatic nitrogens is 1. The van der Waals surface area contributed by atoms with Crippen LogP contribution in [0.5, 0.6) is 5.75 Å². The standard InChI is InChI=1S/C10H9ClN2O.3ClH/c11-8-4-6(5-12)10(14)9-7(8)2-1-3-13-9;;;/h1-4,14H,5,12H2;3*1H. The number of phenols is 1. The zero-order valence-corrected chi connectivity index (χ0v) is 11.8. The topological polar surface area (TPSA) is 59.1 Å². The quantitative estimate of drug-likeness (QED) is 0.848. The first-order valence-electron chi connectivity index (χ1n) is 4.19. The smallest absolute Gasteiger partial charge is 0.146 e. The fourth-order valence-corrected chi connectivity index (χ4v) is 1.68. The Morgan fingerprint density at radius 3 is 2.53 bits per heavy atom. The Bertz CT molecular complexity index is 493. The third-order valence-electron chi connectivity index (χ3n) is 2.11. The second-order valence-corrected chi connectivity index (χ2v) is 3.38. The Hall–Kier alpha value is -0.450. The van der Waals surface area contributed by atoms with Crippen LogP contribution < -0.4 is 5.73 Å². The van der Waals surface area contributed by atoms with E-state index in [1.165, 1.54) is 0 Å². The highest BCUT2D eigenvalue weighted by molar-refractivity contribution is 6.35. The summed E-state index contributed by atoms with van der Waals surface area (Å²) in [5.74, 6) is 0.118. The highest BCUT2D eigenvalue weighted by atomic mass is 35.5. The molecule has 0 bridgehead atoms. The van der Waals surface area contributed by atoms with Crippen molar-refractivity contribution in [3.63, 3.8) is 0 Å². The molecule has 7 heteroatoms. The maximum Gasteiger partial charge on any atom is 0.146 e. The van der Waals surface area contributed by atoms with Crippen molar-refractivity contribution in [2.75, 3.05) is 0 Å². The minimum Gasteiger partial charge on any atom is -0.505 e. The lowest BCUT2D eigenvalue weighted by Gasteiger charge is -2.06. The number of pyridine rings is 1. The Balaban J connectivity index is 0. The van der Waals surface area contributed by atoms with Gasteiger partial charge in [-0.15, -0.1) is 37.2 Å². The number of rotatable bonds is 1. The number of nitrogens with zero attached hydrogens (tertiary/aromatic N) is 1. The average molecular weight is 318 g/mol. The third kappa shape index (κ3) is 3.50. The molecule has 17 heavy (non-hydrogen) atoms. The van der Waals surface area contributed by atoms with Crippen molar-refractivity contribution in [2.24, 2.45) is 5.73 Å². The first-order chi connectivity index (χ1) is 6.74. The van der Waals surface area contributed by atoms with Gasteiger partial charge in [0.15, 0.2) is 0 Å². The van der Waals surface area contributed by atoms with E-state index in [0.717, 1.165) is 5.39 Å². The SMILES string of the molecule is Cl.Cl.Cl.NCc1cc(Cl)c2cccnc2c1O. The molecule has 0 unspecified atom stereocenters. The average Bonchev–Trinajstić information content (AvgIpc) is 2.23. The minimum atomic E-state index is 0. The highest BCUT2D eigenvalue weighted by Crippen LogP contribution is 2.32. The van der Waals surface area contributed by atoms with Crippen molar-refractivity contribution >= 4 is 59.7 Å². The lowest BCUT2D eigenvalue weighted by Crippen LogP contribution is -1.97. The molecule has 0 radical (unpaired) electrons. The van der Waals surface area contributed by atoms with Crippen molar-refractivity contribution < 1.29 is 5.11 Å². The molecular formula is C10H12Cl4N2O. The van der Waals surface area contributed by atoms with E-state index in [4.69, 9.17) is 17.3 Å². The Labute approximate surface area is 123 Å². The molecule has 1 aromatic carbocycles. The maximum atomic E-state index is 9.77. The molecule has 0 saturated carbocycles. The van der Waals surface area contributed by atoms with E-state index in [2.05, 4.69) is 4.98 Å². The largest absolute Gasteiger partial charge is 0.505 e. The molecule has 0 saturated heterocycles. The van der Waals surface area contributed by atoms with E-state index >= 15 is 0 Å². The van der Waals surface area contributed by atoms with Gasteiger partial charge in [0.25, 0.3) is 0 Å². The maximum absolute atomic E-state index is 9.77. The van der Waals surface area contributed by atoms with Crippen molar-refractivity contribution in [1.82, 2.24) is 4.98 Å². The van der Waals surface area contributed by atoms with Gasteiger partial charge in [0.1, 0.15) is 11.3 Å². The molecular weight excluding hydrogens is 306 g/mol. The molecule has 3 nitrogen and oxygen atoms in total. The predicted octanol–water partition coefficient (Wildman–Crippen LogP) is 3.32. The molecule has 3 N–H and O–H groups in total. The van der Waals surface area contributed by atoms with Crippen LogP contribution in [0.3, 0.4) is 0 Å². The van der Waals surface area contributed by atoms with Crippen LogP contribution in [0.2, 0.25) is 5.02 Å². The summed E-state index contributed by atoms with van der Waals surface area (Å²) < 4.78 is 0. The summed E-state index contributed by atoms with van der Waals surface area (Å²) in [6.45, 7) is 0.248. The number of aromatic hydroxyl groups is 1. The number of nitrogens with two attached hydrogens (primary N) is 1. The molecule has 2 aromatic rings. The summed E-state index contributed by atoms with van der Waals surface area (Å²) in [5.41, 5.74) is 6.58. The lowest BCUT2D eigenvalue weighted by atomic mass is 10.1. The van der Waals surface area contributed by atoms with Crippen LogP contribution in [-0.4, -0.2) is 10.1 Å². The number of halogens is 4. The Kier molecular flexibility index (Phi) is 8.67. The molecule has 0 aliphatic carbocycles. The summed E-state index contributed by atoms with van der Waals surface area (Å²) in [6, 6.07) is 5.25. The van der Waals surface area contributed by atoms with E-state index in [1.807, 2.05) is 6.07 Å². The van der Waals surface area contributed by atoms with Gasteiger partial charge >= 0.3 is 0 Å². The van der Waals surface area contributed by atoms with Crippen LogP contribution in [0.1, 0.15) is 5.56 Å². The highest BCUT2D eigenvalue weighted by Gasteiger charge is 2.09. The van der Waals surface area contributed by atoms with Gasteiger partial charge in [0, 0.05) is 23.7 Å². The predicted molar refractivity (Wildman–Crippen MR) is 78.1 cm³/mol. The molecule has 0 aliphatic heterocycles. The van der Waals surface area contributed by atoms with Crippen molar-refractivity contribution in [1.29, 1.82) is 0 Å². The van der Waals surface area contributed by atoms with Gasteiger partial charge in [-0.05, 0) is 18.2 Å². The molecule has 2 rings (SSSR count). The normalized spacial score (nSPS) is 8.82. The van der Waals surface area contributed by atoms with Crippen molar-refractivity contribution in [3.05, 3.63) is 35.0 Å². The third-order valence-corrected chi connectivity index (χ3v) is 2.43. The zero-order valence-electron chi connectivity index (χ0n) is 8.59. The molecule has 96 valence electrons. The van der Waals surface area contributed by atoms with E-state index in [0.29, 0.717) is 16.1 Å². The Morgan fingerprint density at radius 2 is 1.94 bits per heavy atom. The molecule has 0 atom stereocenters. The molecule has 0 spiro atoms. The zero-order chi connectivity index (χ0) is 10.1. The number of hydrogen-bond donors (Lipinski definition) is 2. The summed E-state index contributed by atoms with van der Waals surface area (Å²) in [6.07, 6.45) is 1.61. The first-order valence-corrected chi connectivity index (χ1v) is 4.57. The van der Waals surface area contributed by atoms with Crippen molar-refractivity contribution in [3.8, 4) is 5.75 Å².